The highest BCUT2D eigenvalue weighted by molar-refractivity contribution is 9.10. The van der Waals surface area contributed by atoms with E-state index in [2.05, 4.69) is 20.9 Å². The topological polar surface area (TPSA) is 47.3 Å². The molecule has 150 valence electrons. The first-order valence-electron chi connectivity index (χ1n) is 9.10. The molecule has 0 aliphatic heterocycles. The minimum absolute atomic E-state index is 0.294. The molecule has 4 nitrogen and oxygen atoms in total. The van der Waals surface area contributed by atoms with Crippen molar-refractivity contribution in [1.29, 1.82) is 0 Å². The zero-order valence-electron chi connectivity index (χ0n) is 16.0. The van der Waals surface area contributed by atoms with Crippen LogP contribution in [0, 0.1) is 0 Å². The van der Waals surface area contributed by atoms with E-state index in [4.69, 9.17) is 4.74 Å². The summed E-state index contributed by atoms with van der Waals surface area (Å²) in [4.78, 5) is 4.46. The van der Waals surface area contributed by atoms with Crippen LogP contribution in [-0.4, -0.2) is 34.3 Å². The SMILES string of the molecule is CCn1c(-c2cccnc2[C@H](C)OC)c(CC(F)(F)CO)c2cc(Br)ccc21. The number of halogens is 3. The number of pyridine rings is 1. The molecule has 0 unspecified atom stereocenters. The van der Waals surface area contributed by atoms with Gasteiger partial charge in [0.1, 0.15) is 6.61 Å². The molecule has 0 radical (unpaired) electrons. The number of alkyl halides is 2. The van der Waals surface area contributed by atoms with Crippen LogP contribution >= 0.6 is 15.9 Å². The maximum Gasteiger partial charge on any atom is 0.274 e. The van der Waals surface area contributed by atoms with Gasteiger partial charge in [0.2, 0.25) is 0 Å². The summed E-state index contributed by atoms with van der Waals surface area (Å²) in [5.74, 6) is -3.22. The van der Waals surface area contributed by atoms with Crippen molar-refractivity contribution < 1.29 is 18.6 Å². The lowest BCUT2D eigenvalue weighted by Gasteiger charge is -2.19. The third-order valence-electron chi connectivity index (χ3n) is 4.95. The Kier molecular flexibility index (Phi) is 6.17. The molecule has 0 saturated carbocycles. The molecule has 0 saturated heterocycles. The van der Waals surface area contributed by atoms with E-state index in [1.807, 2.05) is 42.7 Å². The summed E-state index contributed by atoms with van der Waals surface area (Å²) in [6, 6.07) is 9.34. The van der Waals surface area contributed by atoms with Crippen LogP contribution in [0.5, 0.6) is 0 Å². The van der Waals surface area contributed by atoms with Gasteiger partial charge >= 0.3 is 0 Å². The minimum Gasteiger partial charge on any atom is -0.390 e. The van der Waals surface area contributed by atoms with Crippen LogP contribution in [-0.2, 0) is 17.7 Å². The van der Waals surface area contributed by atoms with Gasteiger partial charge in [0.25, 0.3) is 5.92 Å². The second-order valence-corrected chi connectivity index (χ2v) is 7.65. The number of aliphatic hydroxyl groups excluding tert-OH is 1. The Morgan fingerprint density at radius 1 is 1.32 bits per heavy atom. The first-order chi connectivity index (χ1) is 13.3. The zero-order valence-corrected chi connectivity index (χ0v) is 17.6. The molecule has 3 rings (SSSR count). The first-order valence-corrected chi connectivity index (χ1v) is 9.89. The fourth-order valence-electron chi connectivity index (χ4n) is 3.58. The van der Waals surface area contributed by atoms with Crippen molar-refractivity contribution in [1.82, 2.24) is 9.55 Å². The van der Waals surface area contributed by atoms with E-state index in [9.17, 15) is 13.9 Å². The highest BCUT2D eigenvalue weighted by Crippen LogP contribution is 2.40. The van der Waals surface area contributed by atoms with E-state index >= 15 is 0 Å². The molecule has 1 aromatic carbocycles. The van der Waals surface area contributed by atoms with Crippen LogP contribution < -0.4 is 0 Å². The molecule has 0 aliphatic rings. The fourth-order valence-corrected chi connectivity index (χ4v) is 3.94. The molecular weight excluding hydrogens is 430 g/mol. The van der Waals surface area contributed by atoms with Crippen molar-refractivity contribution in [3.8, 4) is 11.3 Å². The summed E-state index contributed by atoms with van der Waals surface area (Å²) in [6.07, 6.45) is 0.817. The number of rotatable bonds is 7. The number of fused-ring (bicyclic) bond motifs is 1. The van der Waals surface area contributed by atoms with Gasteiger partial charge in [0.05, 0.1) is 17.5 Å². The third-order valence-corrected chi connectivity index (χ3v) is 5.44. The summed E-state index contributed by atoms with van der Waals surface area (Å²) >= 11 is 3.45. The monoisotopic (exact) mass is 452 g/mol. The fraction of sp³-hybridized carbons (Fsp3) is 0.381. The maximum atomic E-state index is 14.3. The molecule has 0 amide bonds. The molecule has 2 heterocycles. The lowest BCUT2D eigenvalue weighted by molar-refractivity contribution is -0.0485. The van der Waals surface area contributed by atoms with Crippen LogP contribution in [0.1, 0.15) is 31.2 Å². The van der Waals surface area contributed by atoms with Gasteiger partial charge in [-0.3, -0.25) is 4.98 Å². The van der Waals surface area contributed by atoms with Crippen LogP contribution in [0.15, 0.2) is 41.0 Å². The standard InChI is InChI=1S/C21H23BrF2N2O2/c1-4-26-18-8-7-14(22)10-16(18)17(11-21(23,24)12-27)20(26)15-6-5-9-25-19(15)13(2)28-3/h5-10,13,27H,4,11-12H2,1-3H3/t13-/m0/s1. The number of hydrogen-bond acceptors (Lipinski definition) is 3. The number of methoxy groups -OCH3 is 1. The van der Waals surface area contributed by atoms with Gasteiger partial charge in [-0.1, -0.05) is 15.9 Å². The second kappa shape index (κ2) is 8.27. The Balaban J connectivity index is 2.39. The largest absolute Gasteiger partial charge is 0.390 e. The maximum absolute atomic E-state index is 14.3. The molecule has 0 aliphatic carbocycles. The van der Waals surface area contributed by atoms with Gasteiger partial charge in [-0.2, -0.15) is 0 Å². The Bertz CT molecular complexity index is 988. The molecule has 0 spiro atoms. The quantitative estimate of drug-likeness (QED) is 0.524. The van der Waals surface area contributed by atoms with Crippen molar-refractivity contribution in [2.24, 2.45) is 0 Å². The molecule has 7 heteroatoms. The van der Waals surface area contributed by atoms with E-state index < -0.39 is 19.0 Å². The van der Waals surface area contributed by atoms with E-state index in [0.29, 0.717) is 23.5 Å². The van der Waals surface area contributed by atoms with Crippen LogP contribution in [0.2, 0.25) is 0 Å². The highest BCUT2D eigenvalue weighted by atomic mass is 79.9. The Labute approximate surface area is 171 Å². The van der Waals surface area contributed by atoms with E-state index in [1.54, 1.807) is 19.4 Å². The van der Waals surface area contributed by atoms with Crippen molar-refractivity contribution >= 4 is 26.8 Å². The van der Waals surface area contributed by atoms with Gasteiger partial charge in [-0.15, -0.1) is 0 Å². The number of aryl methyl sites for hydroxylation is 1. The number of benzene rings is 1. The predicted molar refractivity (Wildman–Crippen MR) is 110 cm³/mol. The number of aliphatic hydroxyl groups is 1. The number of nitrogens with zero attached hydrogens (tertiary/aromatic N) is 2. The first kappa shape index (κ1) is 20.9. The Morgan fingerprint density at radius 2 is 2.07 bits per heavy atom. The van der Waals surface area contributed by atoms with Crippen LogP contribution in [0.4, 0.5) is 8.78 Å². The zero-order chi connectivity index (χ0) is 20.5. The summed E-state index contributed by atoms with van der Waals surface area (Å²) in [5, 5.41) is 9.93. The van der Waals surface area contributed by atoms with Crippen molar-refractivity contribution in [3.63, 3.8) is 0 Å². The van der Waals surface area contributed by atoms with Gasteiger partial charge in [-0.25, -0.2) is 8.78 Å². The Hall–Kier alpha value is -1.83. The van der Waals surface area contributed by atoms with Crippen LogP contribution in [0.25, 0.3) is 22.2 Å². The smallest absolute Gasteiger partial charge is 0.274 e. The van der Waals surface area contributed by atoms with Crippen LogP contribution in [0.3, 0.4) is 0 Å². The molecule has 1 atom stereocenters. The number of ether oxygens (including phenoxy) is 1. The normalized spacial score (nSPS) is 13.2. The molecular formula is C21H23BrF2N2O2. The minimum atomic E-state index is -3.22. The van der Waals surface area contributed by atoms with Gasteiger partial charge < -0.3 is 14.4 Å². The van der Waals surface area contributed by atoms with Gasteiger partial charge in [0.15, 0.2) is 0 Å². The van der Waals surface area contributed by atoms with E-state index in [-0.39, 0.29) is 6.10 Å². The predicted octanol–water partition coefficient (Wildman–Crippen LogP) is 5.36. The Morgan fingerprint density at radius 3 is 2.71 bits per heavy atom. The van der Waals surface area contributed by atoms with Gasteiger partial charge in [-0.05, 0) is 49.7 Å². The molecule has 2 aromatic heterocycles. The average molecular weight is 453 g/mol. The van der Waals surface area contributed by atoms with Crippen molar-refractivity contribution in [3.05, 3.63) is 52.3 Å². The molecule has 28 heavy (non-hydrogen) atoms. The molecule has 0 fully saturated rings. The number of aromatic nitrogens is 2. The van der Waals surface area contributed by atoms with Gasteiger partial charge in [0, 0.05) is 47.2 Å². The summed E-state index contributed by atoms with van der Waals surface area (Å²) in [6.45, 7) is 3.26. The third kappa shape index (κ3) is 3.83. The molecule has 1 N–H and O–H groups in total. The van der Waals surface area contributed by atoms with Crippen molar-refractivity contribution in [2.45, 2.75) is 38.8 Å². The summed E-state index contributed by atoms with van der Waals surface area (Å²) < 4.78 is 36.9. The summed E-state index contributed by atoms with van der Waals surface area (Å²) in [5.41, 5.74) is 3.50. The van der Waals surface area contributed by atoms with E-state index in [0.717, 1.165) is 20.9 Å². The molecule has 3 aromatic rings. The van der Waals surface area contributed by atoms with Crippen molar-refractivity contribution in [2.75, 3.05) is 13.7 Å². The average Bonchev–Trinajstić information content (AvgIpc) is 2.99. The molecule has 0 bridgehead atoms. The van der Waals surface area contributed by atoms with E-state index in [1.165, 1.54) is 0 Å². The lowest BCUT2D eigenvalue weighted by Crippen LogP contribution is -2.24. The lowest BCUT2D eigenvalue weighted by atomic mass is 9.97. The number of hydrogen-bond donors (Lipinski definition) is 1. The summed E-state index contributed by atoms with van der Waals surface area (Å²) in [7, 11) is 1.59. The highest BCUT2D eigenvalue weighted by Gasteiger charge is 2.33. The second-order valence-electron chi connectivity index (χ2n) is 6.74.